The highest BCUT2D eigenvalue weighted by molar-refractivity contribution is 5.97. The second-order valence-corrected chi connectivity index (χ2v) is 5.73. The SMILES string of the molecule is CCC(C)C(NC(=O)c1cnn(C(CC)CC)c1C)C(=O)O. The van der Waals surface area contributed by atoms with Gasteiger partial charge in [-0.1, -0.05) is 34.1 Å². The van der Waals surface area contributed by atoms with Crippen LogP contribution in [0.25, 0.3) is 0 Å². The Labute approximate surface area is 131 Å². The summed E-state index contributed by atoms with van der Waals surface area (Å²) in [6.45, 7) is 9.73. The van der Waals surface area contributed by atoms with Gasteiger partial charge in [0.15, 0.2) is 0 Å². The lowest BCUT2D eigenvalue weighted by atomic mass is 9.99. The molecule has 124 valence electrons. The van der Waals surface area contributed by atoms with E-state index >= 15 is 0 Å². The Morgan fingerprint density at radius 1 is 1.27 bits per heavy atom. The molecule has 1 amide bonds. The number of carbonyl (C=O) groups is 2. The molecule has 22 heavy (non-hydrogen) atoms. The van der Waals surface area contributed by atoms with Crippen LogP contribution in [-0.4, -0.2) is 32.8 Å². The molecular weight excluding hydrogens is 282 g/mol. The minimum atomic E-state index is -1.01. The maximum atomic E-state index is 12.4. The largest absolute Gasteiger partial charge is 0.480 e. The number of carbonyl (C=O) groups excluding carboxylic acids is 1. The topological polar surface area (TPSA) is 84.2 Å². The second kappa shape index (κ2) is 7.96. The van der Waals surface area contributed by atoms with Crippen LogP contribution < -0.4 is 5.32 Å². The van der Waals surface area contributed by atoms with Crippen LogP contribution in [0.2, 0.25) is 0 Å². The third kappa shape index (κ3) is 3.87. The molecule has 1 rings (SSSR count). The second-order valence-electron chi connectivity index (χ2n) is 5.73. The van der Waals surface area contributed by atoms with Crippen molar-refractivity contribution in [2.24, 2.45) is 5.92 Å². The maximum Gasteiger partial charge on any atom is 0.326 e. The first-order valence-corrected chi connectivity index (χ1v) is 7.94. The number of aliphatic carboxylic acids is 1. The Kier molecular flexibility index (Phi) is 6.59. The highest BCUT2D eigenvalue weighted by atomic mass is 16.4. The third-order valence-corrected chi connectivity index (χ3v) is 4.34. The van der Waals surface area contributed by atoms with Crippen molar-refractivity contribution in [2.75, 3.05) is 0 Å². The lowest BCUT2D eigenvalue weighted by molar-refractivity contribution is -0.140. The summed E-state index contributed by atoms with van der Waals surface area (Å²) < 4.78 is 1.86. The van der Waals surface area contributed by atoms with E-state index in [2.05, 4.69) is 24.3 Å². The molecule has 0 aliphatic rings. The summed E-state index contributed by atoms with van der Waals surface area (Å²) in [6.07, 6.45) is 4.08. The molecule has 2 N–H and O–H groups in total. The van der Waals surface area contributed by atoms with Gasteiger partial charge < -0.3 is 10.4 Å². The minimum Gasteiger partial charge on any atom is -0.480 e. The molecule has 0 fully saturated rings. The first kappa shape index (κ1) is 18.2. The summed E-state index contributed by atoms with van der Waals surface area (Å²) in [5, 5.41) is 16.2. The van der Waals surface area contributed by atoms with Gasteiger partial charge in [-0.15, -0.1) is 0 Å². The van der Waals surface area contributed by atoms with Crippen LogP contribution in [0, 0.1) is 12.8 Å². The molecule has 0 aromatic carbocycles. The summed E-state index contributed by atoms with van der Waals surface area (Å²) in [7, 11) is 0. The highest BCUT2D eigenvalue weighted by Gasteiger charge is 2.27. The van der Waals surface area contributed by atoms with Crippen molar-refractivity contribution in [3.8, 4) is 0 Å². The summed E-state index contributed by atoms with van der Waals surface area (Å²) in [5.41, 5.74) is 1.22. The van der Waals surface area contributed by atoms with Crippen molar-refractivity contribution in [3.63, 3.8) is 0 Å². The zero-order valence-corrected chi connectivity index (χ0v) is 14.1. The van der Waals surface area contributed by atoms with Crippen LogP contribution in [-0.2, 0) is 4.79 Å². The van der Waals surface area contributed by atoms with Crippen molar-refractivity contribution in [1.82, 2.24) is 15.1 Å². The van der Waals surface area contributed by atoms with E-state index in [0.717, 1.165) is 18.5 Å². The quantitative estimate of drug-likeness (QED) is 0.773. The smallest absolute Gasteiger partial charge is 0.326 e. The monoisotopic (exact) mass is 309 g/mol. The molecule has 0 aliphatic heterocycles. The normalized spacial score (nSPS) is 13.9. The van der Waals surface area contributed by atoms with Crippen molar-refractivity contribution in [3.05, 3.63) is 17.5 Å². The maximum absolute atomic E-state index is 12.4. The van der Waals surface area contributed by atoms with Gasteiger partial charge in [-0.3, -0.25) is 9.48 Å². The summed E-state index contributed by atoms with van der Waals surface area (Å²) >= 11 is 0. The van der Waals surface area contributed by atoms with E-state index in [9.17, 15) is 14.7 Å². The Hall–Kier alpha value is -1.85. The number of carboxylic acids is 1. The summed E-state index contributed by atoms with van der Waals surface area (Å²) in [5.74, 6) is -1.51. The van der Waals surface area contributed by atoms with Crippen LogP contribution in [0.4, 0.5) is 0 Å². The number of carboxylic acid groups (broad SMARTS) is 1. The summed E-state index contributed by atoms with van der Waals surface area (Å²) in [4.78, 5) is 23.7. The molecule has 0 aliphatic carbocycles. The van der Waals surface area contributed by atoms with E-state index in [4.69, 9.17) is 0 Å². The molecule has 0 radical (unpaired) electrons. The fourth-order valence-corrected chi connectivity index (χ4v) is 2.55. The van der Waals surface area contributed by atoms with Gasteiger partial charge in [0.25, 0.3) is 5.91 Å². The fraction of sp³-hybridized carbons (Fsp3) is 0.688. The van der Waals surface area contributed by atoms with Gasteiger partial charge in [0, 0.05) is 5.69 Å². The molecule has 2 atom stereocenters. The molecule has 0 bridgehead atoms. The van der Waals surface area contributed by atoms with Gasteiger partial charge >= 0.3 is 5.97 Å². The van der Waals surface area contributed by atoms with E-state index in [1.807, 2.05) is 25.5 Å². The molecule has 6 heteroatoms. The first-order chi connectivity index (χ1) is 10.4. The Morgan fingerprint density at radius 3 is 2.32 bits per heavy atom. The van der Waals surface area contributed by atoms with Crippen LogP contribution in [0.3, 0.4) is 0 Å². The Balaban J connectivity index is 2.97. The fourth-order valence-electron chi connectivity index (χ4n) is 2.55. The average molecular weight is 309 g/mol. The first-order valence-electron chi connectivity index (χ1n) is 7.94. The predicted molar refractivity (Wildman–Crippen MR) is 84.9 cm³/mol. The lowest BCUT2D eigenvalue weighted by Crippen LogP contribution is -2.45. The Morgan fingerprint density at radius 2 is 1.86 bits per heavy atom. The molecule has 1 heterocycles. The van der Waals surface area contributed by atoms with Gasteiger partial charge in [0.05, 0.1) is 17.8 Å². The number of nitrogens with zero attached hydrogens (tertiary/aromatic N) is 2. The van der Waals surface area contributed by atoms with E-state index in [-0.39, 0.29) is 17.9 Å². The van der Waals surface area contributed by atoms with E-state index in [0.29, 0.717) is 12.0 Å². The number of rotatable bonds is 8. The standard InChI is InChI=1S/C16H27N3O3/c1-6-10(4)14(16(21)22)18-15(20)13-9-17-19(11(13)5)12(7-2)8-3/h9-10,12,14H,6-8H2,1-5H3,(H,18,20)(H,21,22). The lowest BCUT2D eigenvalue weighted by Gasteiger charge is -2.20. The molecule has 0 saturated heterocycles. The summed E-state index contributed by atoms with van der Waals surface area (Å²) in [6, 6.07) is -0.625. The molecule has 0 spiro atoms. The van der Waals surface area contributed by atoms with Gasteiger partial charge in [-0.05, 0) is 25.7 Å². The predicted octanol–water partition coefficient (Wildman–Crippen LogP) is 2.78. The number of nitrogens with one attached hydrogen (secondary N) is 1. The minimum absolute atomic E-state index is 0.129. The molecule has 2 unspecified atom stereocenters. The van der Waals surface area contributed by atoms with E-state index in [1.54, 1.807) is 0 Å². The van der Waals surface area contributed by atoms with Gasteiger partial charge in [0.2, 0.25) is 0 Å². The molecule has 1 aromatic rings. The van der Waals surface area contributed by atoms with Crippen molar-refractivity contribution in [1.29, 1.82) is 0 Å². The molecule has 1 aromatic heterocycles. The third-order valence-electron chi connectivity index (χ3n) is 4.34. The number of hydrogen-bond donors (Lipinski definition) is 2. The van der Waals surface area contributed by atoms with Gasteiger partial charge in [0.1, 0.15) is 6.04 Å². The average Bonchev–Trinajstić information content (AvgIpc) is 2.87. The molecular formula is C16H27N3O3. The van der Waals surface area contributed by atoms with Crippen molar-refractivity contribution in [2.45, 2.75) is 66.0 Å². The molecule has 6 nitrogen and oxygen atoms in total. The number of hydrogen-bond acceptors (Lipinski definition) is 3. The zero-order valence-electron chi connectivity index (χ0n) is 14.1. The van der Waals surface area contributed by atoms with Crippen molar-refractivity contribution < 1.29 is 14.7 Å². The molecule has 0 saturated carbocycles. The Bertz CT molecular complexity index is 521. The van der Waals surface area contributed by atoms with Gasteiger partial charge in [-0.2, -0.15) is 5.10 Å². The van der Waals surface area contributed by atoms with Crippen molar-refractivity contribution >= 4 is 11.9 Å². The number of amides is 1. The highest BCUT2D eigenvalue weighted by Crippen LogP contribution is 2.19. The van der Waals surface area contributed by atoms with Gasteiger partial charge in [-0.25, -0.2) is 4.79 Å². The number of aromatic nitrogens is 2. The van der Waals surface area contributed by atoms with Crippen LogP contribution in [0.5, 0.6) is 0 Å². The van der Waals surface area contributed by atoms with Crippen LogP contribution in [0.1, 0.15) is 69.1 Å². The van der Waals surface area contributed by atoms with Crippen LogP contribution in [0.15, 0.2) is 6.20 Å². The van der Waals surface area contributed by atoms with Crippen LogP contribution >= 0.6 is 0 Å². The van der Waals surface area contributed by atoms with E-state index < -0.39 is 12.0 Å². The van der Waals surface area contributed by atoms with E-state index in [1.165, 1.54) is 6.20 Å². The zero-order chi connectivity index (χ0) is 16.9.